The van der Waals surface area contributed by atoms with E-state index in [1.54, 1.807) is 0 Å². The normalized spacial score (nSPS) is 15.2. The lowest BCUT2D eigenvalue weighted by molar-refractivity contribution is -0.193. The molecule has 0 unspecified atom stereocenters. The Morgan fingerprint density at radius 3 is 1.98 bits per heavy atom. The van der Waals surface area contributed by atoms with Gasteiger partial charge in [-0.15, -0.1) is 0 Å². The zero-order valence-electron chi connectivity index (χ0n) is 22.9. The first-order valence-corrected chi connectivity index (χ1v) is 12.5. The van der Waals surface area contributed by atoms with Crippen molar-refractivity contribution in [2.24, 2.45) is 22.4 Å². The predicted molar refractivity (Wildman–Crippen MR) is 145 cm³/mol. The third-order valence-electron chi connectivity index (χ3n) is 5.54. The fraction of sp³-hybridized carbons (Fsp3) is 0.320. The number of aliphatic imine (C=N–C) groups is 1. The van der Waals surface area contributed by atoms with Crippen molar-refractivity contribution in [3.63, 3.8) is 0 Å². The van der Waals surface area contributed by atoms with E-state index in [2.05, 4.69) is 20.9 Å². The van der Waals surface area contributed by atoms with Crippen LogP contribution in [-0.2, 0) is 32.1 Å². The number of carbonyl (C=O) groups is 4. The number of nitrogens with one attached hydrogen (secondary N) is 3. The zero-order valence-corrected chi connectivity index (χ0v) is 23.6. The summed E-state index contributed by atoms with van der Waals surface area (Å²) in [4.78, 5) is 46.9. The van der Waals surface area contributed by atoms with Crippen LogP contribution in [0.5, 0.6) is 0 Å². The summed E-state index contributed by atoms with van der Waals surface area (Å²) in [5.74, 6) is -8.13. The van der Waals surface area contributed by atoms with Gasteiger partial charge in [0.15, 0.2) is 5.96 Å². The Labute approximate surface area is 254 Å². The molecule has 9 N–H and O–H groups in total. The van der Waals surface area contributed by atoms with Crippen molar-refractivity contribution < 1.29 is 60.1 Å². The second-order valence-electron chi connectivity index (χ2n) is 8.93. The van der Waals surface area contributed by atoms with Crippen LogP contribution in [0, 0.1) is 11.7 Å². The molecule has 0 radical (unpaired) electrons. The molecule has 20 heteroatoms. The van der Waals surface area contributed by atoms with Gasteiger partial charge in [0.25, 0.3) is 0 Å². The smallest absolute Gasteiger partial charge is 0.475 e. The van der Waals surface area contributed by atoms with Crippen LogP contribution in [0.25, 0.3) is 0 Å². The first-order chi connectivity index (χ1) is 20.7. The molecular weight excluding hydrogens is 649 g/mol. The number of fused-ring (bicyclic) bond motifs is 1. The molecule has 0 heterocycles. The van der Waals surface area contributed by atoms with Gasteiger partial charge in [-0.2, -0.15) is 26.3 Å². The lowest BCUT2D eigenvalue weighted by atomic mass is 9.99. The van der Waals surface area contributed by atoms with Crippen LogP contribution in [0.15, 0.2) is 41.4 Å². The number of nitrogens with zero attached hydrogens (tertiary/aromatic N) is 1. The Kier molecular flexibility index (Phi) is 14.0. The average molecular weight is 675 g/mol. The van der Waals surface area contributed by atoms with Crippen molar-refractivity contribution in [1.29, 1.82) is 0 Å². The van der Waals surface area contributed by atoms with Gasteiger partial charge in [-0.1, -0.05) is 29.8 Å². The number of halogens is 8. The Balaban J connectivity index is 0.000000601. The van der Waals surface area contributed by atoms with Gasteiger partial charge in [0.2, 0.25) is 0 Å². The zero-order chi connectivity index (χ0) is 34.7. The number of aliphatic carboxylic acids is 2. The third-order valence-corrected chi connectivity index (χ3v) is 5.85. The van der Waals surface area contributed by atoms with Crippen LogP contribution in [0.1, 0.15) is 22.7 Å². The molecule has 0 aliphatic heterocycles. The molecule has 1 aliphatic rings. The Morgan fingerprint density at radius 1 is 0.956 bits per heavy atom. The predicted octanol–water partition coefficient (Wildman–Crippen LogP) is 2.71. The number of nitrogens with two attached hydrogens (primary N) is 2. The van der Waals surface area contributed by atoms with Gasteiger partial charge in [0.05, 0.1) is 11.1 Å². The number of hydrogen-bond donors (Lipinski definition) is 7. The first kappa shape index (κ1) is 38.4. The molecule has 2 aromatic rings. The van der Waals surface area contributed by atoms with E-state index in [1.807, 2.05) is 25.2 Å². The Hall–Kier alpha value is -4.65. The van der Waals surface area contributed by atoms with E-state index in [9.17, 15) is 40.3 Å². The maximum Gasteiger partial charge on any atom is 0.490 e. The summed E-state index contributed by atoms with van der Waals surface area (Å²) in [6, 6.07) is 9.32. The second kappa shape index (κ2) is 16.4. The molecular formula is C25H26ClF7N6O6. The lowest BCUT2D eigenvalue weighted by Crippen LogP contribution is -2.40. The highest BCUT2D eigenvalue weighted by Gasteiger charge is 2.39. The van der Waals surface area contributed by atoms with E-state index in [0.29, 0.717) is 19.5 Å². The van der Waals surface area contributed by atoms with Crippen molar-refractivity contribution in [3.05, 3.63) is 63.9 Å². The number of amides is 2. The number of anilines is 1. The van der Waals surface area contributed by atoms with Crippen LogP contribution in [0.2, 0.25) is 5.02 Å². The molecule has 0 spiro atoms. The van der Waals surface area contributed by atoms with Gasteiger partial charge < -0.3 is 37.6 Å². The Morgan fingerprint density at radius 2 is 1.51 bits per heavy atom. The van der Waals surface area contributed by atoms with Crippen LogP contribution >= 0.6 is 11.6 Å². The average Bonchev–Trinajstić information content (AvgIpc) is 3.25. The van der Waals surface area contributed by atoms with E-state index in [0.717, 1.165) is 22.8 Å². The highest BCUT2D eigenvalue weighted by molar-refractivity contribution is 6.39. The molecule has 2 aromatic carbocycles. The summed E-state index contributed by atoms with van der Waals surface area (Å²) < 4.78 is 77.1. The fourth-order valence-corrected chi connectivity index (χ4v) is 3.76. The molecule has 0 fully saturated rings. The standard InChI is InChI=1S/C21H24ClFN6O2.2C2HF3O2/c1-26-9-11-2-3-12-7-13(10-27-21(24)25)18(15(12)6-11)29-20(31)19(30)28-14-4-5-16(22)17(23)8-14;2*3-2(4,5)1(6)7/h2-6,8,13,18,26H,7,9-10H2,1H3,(H,28,30)(H,29,31)(H4,24,25,27);2*(H,6,7)/t13-,18-;;/m1../s1. The second-order valence-corrected chi connectivity index (χ2v) is 9.34. The maximum absolute atomic E-state index is 13.6. The largest absolute Gasteiger partial charge is 0.490 e. The minimum Gasteiger partial charge on any atom is -0.475 e. The molecule has 45 heavy (non-hydrogen) atoms. The number of carboxylic acids is 2. The minimum absolute atomic E-state index is 0.0422. The number of carboxylic acid groups (broad SMARTS) is 2. The van der Waals surface area contributed by atoms with E-state index < -0.39 is 48.0 Å². The van der Waals surface area contributed by atoms with E-state index in [1.165, 1.54) is 12.1 Å². The number of rotatable bonds is 6. The van der Waals surface area contributed by atoms with Gasteiger partial charge >= 0.3 is 36.1 Å². The first-order valence-electron chi connectivity index (χ1n) is 12.2. The molecule has 3 rings (SSSR count). The monoisotopic (exact) mass is 674 g/mol. The van der Waals surface area contributed by atoms with Crippen LogP contribution < -0.4 is 27.4 Å². The molecule has 1 aliphatic carbocycles. The summed E-state index contributed by atoms with van der Waals surface area (Å²) in [5.41, 5.74) is 14.1. The fourth-order valence-electron chi connectivity index (χ4n) is 3.64. The van der Waals surface area contributed by atoms with Gasteiger partial charge in [-0.25, -0.2) is 14.0 Å². The van der Waals surface area contributed by atoms with Crippen LogP contribution in [0.4, 0.5) is 36.4 Å². The van der Waals surface area contributed by atoms with Crippen molar-refractivity contribution in [1.82, 2.24) is 10.6 Å². The molecule has 0 saturated carbocycles. The van der Waals surface area contributed by atoms with Gasteiger partial charge in [-0.3, -0.25) is 14.6 Å². The quantitative estimate of drug-likeness (QED) is 0.104. The van der Waals surface area contributed by atoms with Crippen molar-refractivity contribution in [3.8, 4) is 0 Å². The van der Waals surface area contributed by atoms with Gasteiger partial charge in [0, 0.05) is 24.7 Å². The highest BCUT2D eigenvalue weighted by atomic mass is 35.5. The molecule has 248 valence electrons. The van der Waals surface area contributed by atoms with Gasteiger partial charge in [-0.05, 0) is 48.4 Å². The van der Waals surface area contributed by atoms with Crippen LogP contribution in [0.3, 0.4) is 0 Å². The molecule has 0 saturated heterocycles. The summed E-state index contributed by atoms with van der Waals surface area (Å²) >= 11 is 5.64. The van der Waals surface area contributed by atoms with E-state index in [-0.39, 0.29) is 22.6 Å². The van der Waals surface area contributed by atoms with E-state index in [4.69, 9.17) is 42.9 Å². The van der Waals surface area contributed by atoms with Crippen molar-refractivity contribution in [2.75, 3.05) is 18.9 Å². The molecule has 12 nitrogen and oxygen atoms in total. The topological polar surface area (TPSA) is 209 Å². The molecule has 2 atom stereocenters. The summed E-state index contributed by atoms with van der Waals surface area (Å²) in [6.45, 7) is 0.961. The number of alkyl halides is 6. The van der Waals surface area contributed by atoms with Crippen molar-refractivity contribution in [2.45, 2.75) is 31.4 Å². The minimum atomic E-state index is -5.08. The number of benzene rings is 2. The van der Waals surface area contributed by atoms with Crippen LogP contribution in [-0.4, -0.2) is 65.9 Å². The summed E-state index contributed by atoms with van der Waals surface area (Å²) in [6.07, 6.45) is -9.51. The molecule has 0 bridgehead atoms. The molecule has 2 amide bonds. The third kappa shape index (κ3) is 12.9. The Bertz CT molecular complexity index is 1390. The van der Waals surface area contributed by atoms with Gasteiger partial charge in [0.1, 0.15) is 5.82 Å². The number of carbonyl (C=O) groups excluding carboxylic acids is 2. The molecule has 0 aromatic heterocycles. The lowest BCUT2D eigenvalue weighted by Gasteiger charge is -2.21. The van der Waals surface area contributed by atoms with E-state index >= 15 is 0 Å². The highest BCUT2D eigenvalue weighted by Crippen LogP contribution is 2.37. The number of hydrogen-bond acceptors (Lipinski definition) is 6. The maximum atomic E-state index is 13.6. The summed E-state index contributed by atoms with van der Waals surface area (Å²) in [7, 11) is 1.85. The van der Waals surface area contributed by atoms with Crippen molar-refractivity contribution >= 4 is 47.0 Å². The SMILES string of the molecule is CNCc1ccc2c(c1)[C@H](NC(=O)C(=O)Nc1ccc(Cl)c(F)c1)[C@@H](CN=C(N)N)C2.O=C(O)C(F)(F)F.O=C(O)C(F)(F)F. The number of guanidine groups is 1. The summed E-state index contributed by atoms with van der Waals surface area (Å²) in [5, 5.41) is 22.4.